The lowest BCUT2D eigenvalue weighted by molar-refractivity contribution is 0.0988. The molecule has 35 heavy (non-hydrogen) atoms. The number of ether oxygens (including phenoxy) is 1. The predicted octanol–water partition coefficient (Wildman–Crippen LogP) is 4.48. The summed E-state index contributed by atoms with van der Waals surface area (Å²) in [6.07, 6.45) is 5.49. The van der Waals surface area contributed by atoms with Gasteiger partial charge in [-0.3, -0.25) is 14.3 Å². The molecular weight excluding hydrogens is 473 g/mol. The van der Waals surface area contributed by atoms with Crippen LogP contribution in [0.1, 0.15) is 16.2 Å². The maximum atomic E-state index is 13.3. The number of ketones is 1. The van der Waals surface area contributed by atoms with Gasteiger partial charge in [-0.25, -0.2) is 14.4 Å². The number of carbonyl (C=O) groups excluding carboxylic acids is 1. The number of Topliss-reactive ketones (excluding diaryl/α,β-unsaturated/α-hetero) is 1. The molecule has 2 N–H and O–H groups in total. The topological polar surface area (TPSA) is 113 Å². The van der Waals surface area contributed by atoms with Gasteiger partial charge in [-0.05, 0) is 36.4 Å². The molecule has 0 radical (unpaired) electrons. The Hall–Kier alpha value is -4.37. The SMILES string of the molecule is C=CCn1cc(C(=O)Cc2ncc(Oc3cccc(N)c3Cl)cn2)c(=O)c(-c2ccc(F)cc2)n1. The summed E-state index contributed by atoms with van der Waals surface area (Å²) in [5.74, 6) is -0.117. The van der Waals surface area contributed by atoms with Crippen molar-refractivity contribution in [2.75, 3.05) is 5.73 Å². The van der Waals surface area contributed by atoms with Crippen molar-refractivity contribution in [3.63, 3.8) is 0 Å². The summed E-state index contributed by atoms with van der Waals surface area (Å²) in [5.41, 5.74) is 5.90. The molecule has 2 aromatic heterocycles. The Labute approximate surface area is 204 Å². The smallest absolute Gasteiger partial charge is 0.218 e. The number of nitrogens with two attached hydrogens (primary N) is 1. The normalized spacial score (nSPS) is 10.7. The zero-order chi connectivity index (χ0) is 24.9. The van der Waals surface area contributed by atoms with E-state index >= 15 is 0 Å². The van der Waals surface area contributed by atoms with Gasteiger partial charge in [0, 0.05) is 11.8 Å². The molecule has 10 heteroatoms. The van der Waals surface area contributed by atoms with Crippen LogP contribution in [0.4, 0.5) is 10.1 Å². The van der Waals surface area contributed by atoms with Gasteiger partial charge in [-0.2, -0.15) is 5.10 Å². The fourth-order valence-corrected chi connectivity index (χ4v) is 3.38. The molecule has 0 bridgehead atoms. The minimum Gasteiger partial charge on any atom is -0.452 e. The Morgan fingerprint density at radius 3 is 2.57 bits per heavy atom. The van der Waals surface area contributed by atoms with Crippen LogP contribution in [0.2, 0.25) is 5.02 Å². The van der Waals surface area contributed by atoms with Crippen LogP contribution in [0.25, 0.3) is 11.3 Å². The van der Waals surface area contributed by atoms with E-state index in [0.29, 0.717) is 22.7 Å². The molecule has 0 aliphatic rings. The zero-order valence-corrected chi connectivity index (χ0v) is 19.1. The van der Waals surface area contributed by atoms with Gasteiger partial charge in [0.1, 0.15) is 28.1 Å². The first-order chi connectivity index (χ1) is 16.9. The molecule has 4 rings (SSSR count). The van der Waals surface area contributed by atoms with Gasteiger partial charge >= 0.3 is 0 Å². The van der Waals surface area contributed by atoms with Gasteiger partial charge in [0.15, 0.2) is 11.5 Å². The number of rotatable bonds is 8. The average Bonchev–Trinajstić information content (AvgIpc) is 2.85. The maximum Gasteiger partial charge on any atom is 0.218 e. The second kappa shape index (κ2) is 10.3. The van der Waals surface area contributed by atoms with Crippen LogP contribution in [-0.2, 0) is 13.0 Å². The van der Waals surface area contributed by atoms with E-state index in [0.717, 1.165) is 0 Å². The van der Waals surface area contributed by atoms with Crippen LogP contribution >= 0.6 is 11.6 Å². The second-order valence-electron chi connectivity index (χ2n) is 7.43. The molecule has 176 valence electrons. The molecule has 2 aromatic carbocycles. The van der Waals surface area contributed by atoms with Crippen LogP contribution in [0.3, 0.4) is 0 Å². The highest BCUT2D eigenvalue weighted by molar-refractivity contribution is 6.34. The number of hydrogen-bond acceptors (Lipinski definition) is 7. The summed E-state index contributed by atoms with van der Waals surface area (Å²) in [4.78, 5) is 34.4. The standard InChI is InChI=1S/C25H19ClFN5O3/c1-2-10-32-14-18(25(34)24(31-32)15-6-8-16(27)9-7-15)20(33)11-22-29-12-17(13-30-22)35-21-5-3-4-19(28)23(21)26/h2-9,12-14H,1,10-11,28H2. The third kappa shape index (κ3) is 5.42. The number of nitrogen functional groups attached to an aromatic ring is 1. The molecular formula is C25H19ClFN5O3. The van der Waals surface area contributed by atoms with Crippen molar-refractivity contribution in [2.24, 2.45) is 0 Å². The highest BCUT2D eigenvalue weighted by Crippen LogP contribution is 2.32. The van der Waals surface area contributed by atoms with Crippen molar-refractivity contribution in [1.82, 2.24) is 19.7 Å². The van der Waals surface area contributed by atoms with E-state index in [1.807, 2.05) is 0 Å². The highest BCUT2D eigenvalue weighted by Gasteiger charge is 2.19. The van der Waals surface area contributed by atoms with E-state index in [4.69, 9.17) is 22.1 Å². The fourth-order valence-electron chi connectivity index (χ4n) is 3.22. The van der Waals surface area contributed by atoms with Crippen molar-refractivity contribution in [3.05, 3.63) is 106 Å². The fraction of sp³-hybridized carbons (Fsp3) is 0.0800. The second-order valence-corrected chi connectivity index (χ2v) is 7.81. The Balaban J connectivity index is 1.58. The Kier molecular flexibility index (Phi) is 6.98. The largest absolute Gasteiger partial charge is 0.452 e. The number of aromatic nitrogens is 4. The lowest BCUT2D eigenvalue weighted by atomic mass is 10.1. The summed E-state index contributed by atoms with van der Waals surface area (Å²) in [7, 11) is 0. The van der Waals surface area contributed by atoms with Crippen LogP contribution in [0, 0.1) is 5.82 Å². The molecule has 2 heterocycles. The van der Waals surface area contributed by atoms with E-state index in [-0.39, 0.29) is 35.1 Å². The Bertz CT molecular complexity index is 1450. The van der Waals surface area contributed by atoms with Gasteiger partial charge < -0.3 is 10.5 Å². The Morgan fingerprint density at radius 1 is 1.17 bits per heavy atom. The molecule has 0 spiro atoms. The maximum absolute atomic E-state index is 13.3. The third-order valence-corrected chi connectivity index (χ3v) is 5.33. The van der Waals surface area contributed by atoms with E-state index in [2.05, 4.69) is 21.6 Å². The first kappa shape index (κ1) is 23.8. The number of nitrogens with zero attached hydrogens (tertiary/aromatic N) is 4. The summed E-state index contributed by atoms with van der Waals surface area (Å²) < 4.78 is 20.4. The summed E-state index contributed by atoms with van der Waals surface area (Å²) >= 11 is 6.13. The number of benzene rings is 2. The van der Waals surface area contributed by atoms with E-state index in [1.165, 1.54) is 47.5 Å². The predicted molar refractivity (Wildman–Crippen MR) is 130 cm³/mol. The van der Waals surface area contributed by atoms with Crippen molar-refractivity contribution in [1.29, 1.82) is 0 Å². The molecule has 8 nitrogen and oxygen atoms in total. The van der Waals surface area contributed by atoms with Crippen LogP contribution in [0.5, 0.6) is 11.5 Å². The molecule has 0 atom stereocenters. The molecule has 4 aromatic rings. The lowest BCUT2D eigenvalue weighted by Crippen LogP contribution is -2.24. The van der Waals surface area contributed by atoms with Crippen LogP contribution in [0.15, 0.2) is 78.5 Å². The minimum atomic E-state index is -0.571. The van der Waals surface area contributed by atoms with Gasteiger partial charge in [0.05, 0.1) is 36.6 Å². The quantitative estimate of drug-likeness (QED) is 0.219. The van der Waals surface area contributed by atoms with Gasteiger partial charge in [-0.1, -0.05) is 23.7 Å². The molecule has 0 saturated heterocycles. The molecule has 0 aliphatic carbocycles. The van der Waals surface area contributed by atoms with Crippen molar-refractivity contribution >= 4 is 23.1 Å². The van der Waals surface area contributed by atoms with Crippen molar-refractivity contribution in [3.8, 4) is 22.8 Å². The van der Waals surface area contributed by atoms with Crippen LogP contribution in [-0.4, -0.2) is 25.5 Å². The van der Waals surface area contributed by atoms with E-state index < -0.39 is 17.0 Å². The number of anilines is 1. The first-order valence-electron chi connectivity index (χ1n) is 10.4. The van der Waals surface area contributed by atoms with Gasteiger partial charge in [0.2, 0.25) is 5.43 Å². The summed E-state index contributed by atoms with van der Waals surface area (Å²) in [6.45, 7) is 3.93. The number of carbonyl (C=O) groups is 1. The molecule has 0 fully saturated rings. The van der Waals surface area contributed by atoms with E-state index in [9.17, 15) is 14.0 Å². The average molecular weight is 492 g/mol. The van der Waals surface area contributed by atoms with Crippen molar-refractivity contribution < 1.29 is 13.9 Å². The number of halogens is 2. The lowest BCUT2D eigenvalue weighted by Gasteiger charge is -2.10. The van der Waals surface area contributed by atoms with Crippen molar-refractivity contribution in [2.45, 2.75) is 13.0 Å². The first-order valence-corrected chi connectivity index (χ1v) is 10.8. The zero-order valence-electron chi connectivity index (χ0n) is 18.3. The summed E-state index contributed by atoms with van der Waals surface area (Å²) in [5, 5.41) is 4.53. The van der Waals surface area contributed by atoms with Crippen LogP contribution < -0.4 is 15.9 Å². The monoisotopic (exact) mass is 491 g/mol. The summed E-state index contributed by atoms with van der Waals surface area (Å²) in [6, 6.07) is 10.3. The van der Waals surface area contributed by atoms with Gasteiger partial charge in [0.25, 0.3) is 0 Å². The third-order valence-electron chi connectivity index (χ3n) is 4.92. The molecule has 0 saturated carbocycles. The van der Waals surface area contributed by atoms with E-state index in [1.54, 1.807) is 24.3 Å². The minimum absolute atomic E-state index is 0.0291. The van der Waals surface area contributed by atoms with Gasteiger partial charge in [-0.15, -0.1) is 6.58 Å². The molecule has 0 amide bonds. The Morgan fingerprint density at radius 2 is 1.89 bits per heavy atom. The molecule has 0 unspecified atom stereocenters. The molecule has 0 aliphatic heterocycles. The number of hydrogen-bond donors (Lipinski definition) is 1. The number of allylic oxidation sites excluding steroid dienone is 1. The highest BCUT2D eigenvalue weighted by atomic mass is 35.5.